The van der Waals surface area contributed by atoms with Crippen molar-refractivity contribution in [2.45, 2.75) is 13.0 Å². The second-order valence-electron chi connectivity index (χ2n) is 3.93. The van der Waals surface area contributed by atoms with E-state index < -0.39 is 0 Å². The van der Waals surface area contributed by atoms with Crippen molar-refractivity contribution in [2.75, 3.05) is 33.4 Å². The molecule has 5 nitrogen and oxygen atoms in total. The molecular weight excluding hydrogens is 204 g/mol. The predicted molar refractivity (Wildman–Crippen MR) is 64.0 cm³/mol. The van der Waals surface area contributed by atoms with Gasteiger partial charge in [-0.1, -0.05) is 0 Å². The van der Waals surface area contributed by atoms with Crippen LogP contribution in [-0.4, -0.2) is 48.0 Å². The summed E-state index contributed by atoms with van der Waals surface area (Å²) in [5.74, 6) is 0. The van der Waals surface area contributed by atoms with Gasteiger partial charge in [-0.2, -0.15) is 5.10 Å². The number of hydrogen-bond donors (Lipinski definition) is 1. The molecule has 0 saturated heterocycles. The van der Waals surface area contributed by atoms with E-state index in [1.165, 1.54) is 5.56 Å². The Kier molecular flexibility index (Phi) is 6.07. The number of aromatic nitrogens is 2. The van der Waals surface area contributed by atoms with Crippen molar-refractivity contribution in [2.24, 2.45) is 12.8 Å². The van der Waals surface area contributed by atoms with Crippen LogP contribution in [-0.2, 0) is 18.3 Å². The number of rotatable bonds is 8. The average molecular weight is 226 g/mol. The quantitative estimate of drug-likeness (QED) is 0.689. The lowest BCUT2D eigenvalue weighted by atomic mass is 10.3. The third-order valence-corrected chi connectivity index (χ3v) is 2.45. The fourth-order valence-electron chi connectivity index (χ4n) is 1.62. The average Bonchev–Trinajstić information content (AvgIpc) is 2.68. The van der Waals surface area contributed by atoms with E-state index in [1.54, 1.807) is 7.11 Å². The lowest BCUT2D eigenvalue weighted by molar-refractivity contribution is 0.143. The number of aryl methyl sites for hydroxylation is 1. The highest BCUT2D eigenvalue weighted by Gasteiger charge is 2.06. The monoisotopic (exact) mass is 226 g/mol. The lowest BCUT2D eigenvalue weighted by Crippen LogP contribution is -2.29. The molecule has 0 amide bonds. The first-order valence-electron chi connectivity index (χ1n) is 5.65. The molecule has 92 valence electrons. The summed E-state index contributed by atoms with van der Waals surface area (Å²) < 4.78 is 6.93. The van der Waals surface area contributed by atoms with Gasteiger partial charge in [-0.15, -0.1) is 0 Å². The SMILES string of the molecule is COCCN(CCCN)Cc1cnn(C)c1. The smallest absolute Gasteiger partial charge is 0.0589 e. The summed E-state index contributed by atoms with van der Waals surface area (Å²) >= 11 is 0. The third kappa shape index (κ3) is 4.74. The van der Waals surface area contributed by atoms with E-state index in [4.69, 9.17) is 10.5 Å². The minimum absolute atomic E-state index is 0.733. The predicted octanol–water partition coefficient (Wildman–Crippen LogP) is 0.217. The first-order chi connectivity index (χ1) is 7.76. The Balaban J connectivity index is 2.41. The standard InChI is InChI=1S/C11H22N4O/c1-14-9-11(8-13-14)10-15(5-3-4-12)6-7-16-2/h8-9H,3-7,10,12H2,1-2H3. The van der Waals surface area contributed by atoms with E-state index in [-0.39, 0.29) is 0 Å². The maximum Gasteiger partial charge on any atom is 0.0589 e. The van der Waals surface area contributed by atoms with Crippen molar-refractivity contribution in [3.8, 4) is 0 Å². The van der Waals surface area contributed by atoms with Crippen LogP contribution in [0.2, 0.25) is 0 Å². The summed E-state index contributed by atoms with van der Waals surface area (Å²) in [4.78, 5) is 2.34. The Morgan fingerprint density at radius 3 is 2.88 bits per heavy atom. The van der Waals surface area contributed by atoms with Gasteiger partial charge in [-0.25, -0.2) is 0 Å². The van der Waals surface area contributed by atoms with Gasteiger partial charge < -0.3 is 10.5 Å². The highest BCUT2D eigenvalue weighted by molar-refractivity contribution is 5.03. The molecule has 0 radical (unpaired) electrons. The molecule has 0 spiro atoms. The second kappa shape index (κ2) is 7.38. The van der Waals surface area contributed by atoms with Crippen LogP contribution in [0.5, 0.6) is 0 Å². The Hall–Kier alpha value is -0.910. The molecule has 0 aromatic carbocycles. The van der Waals surface area contributed by atoms with E-state index in [0.717, 1.165) is 39.2 Å². The minimum atomic E-state index is 0.733. The van der Waals surface area contributed by atoms with Gasteiger partial charge in [-0.3, -0.25) is 9.58 Å². The van der Waals surface area contributed by atoms with Crippen LogP contribution in [0.4, 0.5) is 0 Å². The van der Waals surface area contributed by atoms with Gasteiger partial charge in [-0.05, 0) is 19.5 Å². The molecule has 0 atom stereocenters. The van der Waals surface area contributed by atoms with Crippen LogP contribution in [0.25, 0.3) is 0 Å². The normalized spacial score (nSPS) is 11.2. The van der Waals surface area contributed by atoms with Crippen LogP contribution in [0.15, 0.2) is 12.4 Å². The number of nitrogens with two attached hydrogens (primary N) is 1. The number of nitrogens with zero attached hydrogens (tertiary/aromatic N) is 3. The van der Waals surface area contributed by atoms with Gasteiger partial charge in [0.25, 0.3) is 0 Å². The van der Waals surface area contributed by atoms with Gasteiger partial charge in [0, 0.05) is 39.0 Å². The van der Waals surface area contributed by atoms with Gasteiger partial charge in [0.2, 0.25) is 0 Å². The largest absolute Gasteiger partial charge is 0.383 e. The van der Waals surface area contributed by atoms with E-state index >= 15 is 0 Å². The van der Waals surface area contributed by atoms with Crippen molar-refractivity contribution in [1.29, 1.82) is 0 Å². The van der Waals surface area contributed by atoms with Crippen LogP contribution < -0.4 is 5.73 Å². The zero-order valence-electron chi connectivity index (χ0n) is 10.2. The van der Waals surface area contributed by atoms with Gasteiger partial charge in [0.05, 0.1) is 12.8 Å². The molecule has 0 aliphatic rings. The third-order valence-electron chi connectivity index (χ3n) is 2.45. The van der Waals surface area contributed by atoms with E-state index in [9.17, 15) is 0 Å². The Morgan fingerprint density at radius 2 is 2.31 bits per heavy atom. The fraction of sp³-hybridized carbons (Fsp3) is 0.727. The van der Waals surface area contributed by atoms with Crippen molar-refractivity contribution in [3.63, 3.8) is 0 Å². The van der Waals surface area contributed by atoms with Crippen molar-refractivity contribution >= 4 is 0 Å². The summed E-state index contributed by atoms with van der Waals surface area (Å²) in [6, 6.07) is 0. The van der Waals surface area contributed by atoms with Crippen molar-refractivity contribution < 1.29 is 4.74 Å². The molecule has 0 saturated carbocycles. The van der Waals surface area contributed by atoms with Crippen molar-refractivity contribution in [3.05, 3.63) is 18.0 Å². The van der Waals surface area contributed by atoms with Crippen LogP contribution >= 0.6 is 0 Å². The molecule has 1 heterocycles. The maximum atomic E-state index is 5.53. The lowest BCUT2D eigenvalue weighted by Gasteiger charge is -2.20. The van der Waals surface area contributed by atoms with Crippen LogP contribution in [0.3, 0.4) is 0 Å². The molecule has 1 aromatic heterocycles. The molecule has 0 aliphatic carbocycles. The first kappa shape index (κ1) is 13.2. The molecule has 0 fully saturated rings. The summed E-state index contributed by atoms with van der Waals surface area (Å²) in [6.07, 6.45) is 4.97. The number of hydrogen-bond acceptors (Lipinski definition) is 4. The minimum Gasteiger partial charge on any atom is -0.383 e. The van der Waals surface area contributed by atoms with E-state index in [1.807, 2.05) is 24.1 Å². The number of ether oxygens (including phenoxy) is 1. The van der Waals surface area contributed by atoms with Crippen LogP contribution in [0.1, 0.15) is 12.0 Å². The zero-order chi connectivity index (χ0) is 11.8. The van der Waals surface area contributed by atoms with Gasteiger partial charge in [0.1, 0.15) is 0 Å². The Labute approximate surface area is 97.2 Å². The molecule has 5 heteroatoms. The van der Waals surface area contributed by atoms with Gasteiger partial charge >= 0.3 is 0 Å². The molecule has 16 heavy (non-hydrogen) atoms. The summed E-state index contributed by atoms with van der Waals surface area (Å²) in [6.45, 7) is 4.35. The Bertz CT molecular complexity index is 279. The fourth-order valence-corrected chi connectivity index (χ4v) is 1.62. The molecule has 0 aliphatic heterocycles. The maximum absolute atomic E-state index is 5.53. The first-order valence-corrected chi connectivity index (χ1v) is 5.65. The zero-order valence-corrected chi connectivity index (χ0v) is 10.2. The number of methoxy groups -OCH3 is 1. The topological polar surface area (TPSA) is 56.3 Å². The Morgan fingerprint density at radius 1 is 1.50 bits per heavy atom. The molecular formula is C11H22N4O. The molecule has 2 N–H and O–H groups in total. The van der Waals surface area contributed by atoms with Crippen LogP contribution in [0, 0.1) is 0 Å². The highest BCUT2D eigenvalue weighted by Crippen LogP contribution is 2.03. The molecule has 0 bridgehead atoms. The molecule has 1 aromatic rings. The van der Waals surface area contributed by atoms with E-state index in [0.29, 0.717) is 0 Å². The summed E-state index contributed by atoms with van der Waals surface area (Å²) in [5.41, 5.74) is 6.76. The van der Waals surface area contributed by atoms with E-state index in [2.05, 4.69) is 10.00 Å². The summed E-state index contributed by atoms with van der Waals surface area (Å²) in [5, 5.41) is 4.16. The summed E-state index contributed by atoms with van der Waals surface area (Å²) in [7, 11) is 3.66. The van der Waals surface area contributed by atoms with Crippen molar-refractivity contribution in [1.82, 2.24) is 14.7 Å². The van der Waals surface area contributed by atoms with Gasteiger partial charge in [0.15, 0.2) is 0 Å². The highest BCUT2D eigenvalue weighted by atomic mass is 16.5. The molecule has 1 rings (SSSR count). The second-order valence-corrected chi connectivity index (χ2v) is 3.93. The molecule has 0 unspecified atom stereocenters.